The van der Waals surface area contributed by atoms with Crippen molar-refractivity contribution in [3.8, 4) is 0 Å². The molecule has 3 unspecified atom stereocenters. The molecule has 0 saturated carbocycles. The Hall–Kier alpha value is -2.93. The van der Waals surface area contributed by atoms with Gasteiger partial charge in [-0.1, -0.05) is 12.1 Å². The Kier molecular flexibility index (Phi) is 3.18. The zero-order chi connectivity index (χ0) is 19.0. The molecule has 4 aliphatic heterocycles. The number of fused-ring (bicyclic) bond motifs is 2. The molecule has 7 heteroatoms. The maximum atomic E-state index is 13.4. The predicted molar refractivity (Wildman–Crippen MR) is 104 cm³/mol. The number of amides is 3. The molecule has 7 nitrogen and oxygen atoms in total. The van der Waals surface area contributed by atoms with Gasteiger partial charge >= 0.3 is 0 Å². The van der Waals surface area contributed by atoms with Crippen molar-refractivity contribution in [3.63, 3.8) is 0 Å². The van der Waals surface area contributed by atoms with Crippen molar-refractivity contribution in [1.82, 2.24) is 10.6 Å². The second-order valence-electron chi connectivity index (χ2n) is 8.12. The minimum atomic E-state index is -0.640. The van der Waals surface area contributed by atoms with Crippen LogP contribution in [0, 0.1) is 0 Å². The third-order valence-electron chi connectivity index (χ3n) is 6.56. The first-order valence-electron chi connectivity index (χ1n) is 9.85. The van der Waals surface area contributed by atoms with Crippen LogP contribution in [0.1, 0.15) is 29.6 Å². The molecule has 2 aromatic carbocycles. The number of carbonyl (C=O) groups excluding carboxylic acids is 3. The molecule has 3 fully saturated rings. The highest BCUT2D eigenvalue weighted by molar-refractivity contribution is 6.27. The van der Waals surface area contributed by atoms with Crippen LogP contribution in [0.5, 0.6) is 0 Å². The SMILES string of the molecule is O=C1CCC(N2C(=O)c3cc(N4C5CNCC4C5)cc4cccc2c34)C(=O)N1. The Morgan fingerprint density at radius 3 is 2.61 bits per heavy atom. The van der Waals surface area contributed by atoms with E-state index in [2.05, 4.69) is 21.6 Å². The molecule has 2 bridgehead atoms. The number of piperazine rings is 1. The third-order valence-corrected chi connectivity index (χ3v) is 6.56. The fraction of sp³-hybridized carbons (Fsp3) is 0.381. The molecule has 3 saturated heterocycles. The van der Waals surface area contributed by atoms with Gasteiger partial charge in [-0.15, -0.1) is 0 Å². The van der Waals surface area contributed by atoms with Crippen molar-refractivity contribution >= 4 is 39.9 Å². The zero-order valence-electron chi connectivity index (χ0n) is 15.3. The minimum absolute atomic E-state index is 0.147. The van der Waals surface area contributed by atoms with E-state index in [1.807, 2.05) is 24.3 Å². The summed E-state index contributed by atoms with van der Waals surface area (Å²) in [6.45, 7) is 1.94. The average molecular weight is 376 g/mol. The summed E-state index contributed by atoms with van der Waals surface area (Å²) in [5, 5.41) is 7.74. The Morgan fingerprint density at radius 2 is 1.86 bits per heavy atom. The number of rotatable bonds is 2. The van der Waals surface area contributed by atoms with Crippen molar-refractivity contribution < 1.29 is 14.4 Å². The molecule has 2 aromatic rings. The van der Waals surface area contributed by atoms with Gasteiger partial charge in [-0.25, -0.2) is 0 Å². The second kappa shape index (κ2) is 5.54. The molecular weight excluding hydrogens is 356 g/mol. The van der Waals surface area contributed by atoms with Crippen LogP contribution in [-0.2, 0) is 9.59 Å². The summed E-state index contributed by atoms with van der Waals surface area (Å²) in [5.74, 6) is -0.812. The van der Waals surface area contributed by atoms with Gasteiger partial charge < -0.3 is 10.2 Å². The molecule has 0 spiro atoms. The first-order chi connectivity index (χ1) is 13.6. The van der Waals surface area contributed by atoms with Crippen molar-refractivity contribution in [2.75, 3.05) is 22.9 Å². The lowest BCUT2D eigenvalue weighted by Crippen LogP contribution is -2.68. The summed E-state index contributed by atoms with van der Waals surface area (Å²) in [5.41, 5.74) is 2.51. The molecule has 28 heavy (non-hydrogen) atoms. The van der Waals surface area contributed by atoms with E-state index in [1.165, 1.54) is 6.42 Å². The molecule has 3 atom stereocenters. The molecule has 0 aromatic heterocycles. The summed E-state index contributed by atoms with van der Waals surface area (Å²) in [6.07, 6.45) is 1.80. The van der Waals surface area contributed by atoms with Crippen molar-refractivity contribution in [3.05, 3.63) is 35.9 Å². The lowest BCUT2D eigenvalue weighted by atomic mass is 9.87. The Bertz CT molecular complexity index is 1050. The Labute approximate surface area is 161 Å². The smallest absolute Gasteiger partial charge is 0.259 e. The van der Waals surface area contributed by atoms with E-state index in [1.54, 1.807) is 4.90 Å². The number of nitrogens with zero attached hydrogens (tertiary/aromatic N) is 2. The number of hydrogen-bond donors (Lipinski definition) is 2. The first kappa shape index (κ1) is 16.1. The van der Waals surface area contributed by atoms with E-state index in [9.17, 15) is 14.4 Å². The quantitative estimate of drug-likeness (QED) is 0.769. The maximum Gasteiger partial charge on any atom is 0.259 e. The van der Waals surface area contributed by atoms with E-state index in [0.29, 0.717) is 24.1 Å². The fourth-order valence-electron chi connectivity index (χ4n) is 5.29. The van der Waals surface area contributed by atoms with Gasteiger partial charge in [0.25, 0.3) is 5.91 Å². The van der Waals surface area contributed by atoms with Crippen LogP contribution in [0.4, 0.5) is 11.4 Å². The molecule has 4 aliphatic rings. The Morgan fingerprint density at radius 1 is 1.04 bits per heavy atom. The molecule has 0 radical (unpaired) electrons. The monoisotopic (exact) mass is 376 g/mol. The second-order valence-corrected chi connectivity index (χ2v) is 8.12. The zero-order valence-corrected chi connectivity index (χ0v) is 15.3. The van der Waals surface area contributed by atoms with Gasteiger partial charge in [0.1, 0.15) is 6.04 Å². The highest BCUT2D eigenvalue weighted by Crippen LogP contribution is 2.44. The average Bonchev–Trinajstić information content (AvgIpc) is 2.96. The molecule has 2 N–H and O–H groups in total. The van der Waals surface area contributed by atoms with Crippen LogP contribution in [0.15, 0.2) is 30.3 Å². The van der Waals surface area contributed by atoms with E-state index in [-0.39, 0.29) is 18.2 Å². The number of piperidine rings is 2. The molecule has 3 amide bonds. The summed E-state index contributed by atoms with van der Waals surface area (Å²) in [7, 11) is 0. The minimum Gasteiger partial charge on any atom is -0.363 e. The molecule has 6 rings (SSSR count). The van der Waals surface area contributed by atoms with Gasteiger partial charge in [0.05, 0.1) is 11.3 Å². The number of hydrogen-bond acceptors (Lipinski definition) is 5. The lowest BCUT2D eigenvalue weighted by molar-refractivity contribution is -0.134. The van der Waals surface area contributed by atoms with E-state index in [0.717, 1.165) is 35.2 Å². The van der Waals surface area contributed by atoms with Crippen LogP contribution in [0.3, 0.4) is 0 Å². The maximum absolute atomic E-state index is 13.4. The molecule has 4 heterocycles. The van der Waals surface area contributed by atoms with Gasteiger partial charge in [-0.05, 0) is 36.4 Å². The highest BCUT2D eigenvalue weighted by Gasteiger charge is 2.44. The summed E-state index contributed by atoms with van der Waals surface area (Å²) < 4.78 is 0. The van der Waals surface area contributed by atoms with Crippen LogP contribution in [0.2, 0.25) is 0 Å². The third kappa shape index (κ3) is 2.05. The van der Waals surface area contributed by atoms with Crippen molar-refractivity contribution in [2.24, 2.45) is 0 Å². The van der Waals surface area contributed by atoms with Gasteiger partial charge in [0, 0.05) is 42.7 Å². The predicted octanol–water partition coefficient (Wildman–Crippen LogP) is 1.16. The largest absolute Gasteiger partial charge is 0.363 e. The summed E-state index contributed by atoms with van der Waals surface area (Å²) >= 11 is 0. The van der Waals surface area contributed by atoms with Gasteiger partial charge in [-0.3, -0.25) is 24.6 Å². The summed E-state index contributed by atoms with van der Waals surface area (Å²) in [6, 6.07) is 10.3. The van der Waals surface area contributed by atoms with Crippen LogP contribution in [0.25, 0.3) is 10.8 Å². The number of anilines is 2. The van der Waals surface area contributed by atoms with E-state index < -0.39 is 11.9 Å². The van der Waals surface area contributed by atoms with Crippen LogP contribution < -0.4 is 20.4 Å². The van der Waals surface area contributed by atoms with E-state index in [4.69, 9.17) is 0 Å². The lowest BCUT2D eigenvalue weighted by Gasteiger charge is -2.54. The number of benzene rings is 2. The molecule has 0 aliphatic carbocycles. The number of imide groups is 1. The first-order valence-corrected chi connectivity index (χ1v) is 9.85. The summed E-state index contributed by atoms with van der Waals surface area (Å²) in [4.78, 5) is 41.3. The standard InChI is InChI=1S/C21H20N4O3/c26-18-5-4-17(20(27)23-18)25-16-3-1-2-11-6-12(8-15(19(11)16)21(25)28)24-13-7-14(24)10-22-9-13/h1-3,6,8,13-14,17,22H,4-5,7,9-10H2,(H,23,26,27). The Balaban J connectivity index is 1.45. The van der Waals surface area contributed by atoms with Crippen molar-refractivity contribution in [2.45, 2.75) is 37.4 Å². The van der Waals surface area contributed by atoms with Gasteiger partial charge in [0.2, 0.25) is 11.8 Å². The van der Waals surface area contributed by atoms with Crippen molar-refractivity contribution in [1.29, 1.82) is 0 Å². The van der Waals surface area contributed by atoms with Gasteiger partial charge in [-0.2, -0.15) is 0 Å². The fourth-order valence-corrected chi connectivity index (χ4v) is 5.29. The van der Waals surface area contributed by atoms with Gasteiger partial charge in [0.15, 0.2) is 0 Å². The number of nitrogens with one attached hydrogen (secondary N) is 2. The number of carbonyl (C=O) groups is 3. The van der Waals surface area contributed by atoms with Crippen LogP contribution in [-0.4, -0.2) is 48.9 Å². The normalized spacial score (nSPS) is 28.6. The highest BCUT2D eigenvalue weighted by atomic mass is 16.2. The molecular formula is C21H20N4O3. The van der Waals surface area contributed by atoms with E-state index >= 15 is 0 Å². The molecule has 142 valence electrons. The van der Waals surface area contributed by atoms with Crippen LogP contribution >= 0.6 is 0 Å². The topological polar surface area (TPSA) is 81.8 Å².